The summed E-state index contributed by atoms with van der Waals surface area (Å²) in [6, 6.07) is 7.54. The molecule has 1 aromatic rings. The Hall–Kier alpha value is -2.53. The second-order valence-corrected chi connectivity index (χ2v) is 7.24. The van der Waals surface area contributed by atoms with Crippen LogP contribution in [0.5, 0.6) is 0 Å². The number of carboxylic acid groups (broad SMARTS) is 3. The van der Waals surface area contributed by atoms with Crippen molar-refractivity contribution in [3.63, 3.8) is 0 Å². The van der Waals surface area contributed by atoms with E-state index >= 15 is 0 Å². The minimum Gasteiger partial charge on any atom is -0.480 e. The lowest BCUT2D eigenvalue weighted by molar-refractivity contribution is -0.139. The Morgan fingerprint density at radius 2 is 1.62 bits per heavy atom. The van der Waals surface area contributed by atoms with Gasteiger partial charge in [-0.25, -0.2) is 0 Å². The van der Waals surface area contributed by atoms with Crippen molar-refractivity contribution in [1.82, 2.24) is 5.32 Å². The average molecular weight is 457 g/mol. The van der Waals surface area contributed by atoms with Gasteiger partial charge < -0.3 is 37.8 Å². The van der Waals surface area contributed by atoms with Crippen LogP contribution < -0.4 is 22.5 Å². The van der Waals surface area contributed by atoms with E-state index in [9.17, 15) is 14.4 Å². The highest BCUT2D eigenvalue weighted by atomic mass is 16.4. The lowest BCUT2D eigenvalue weighted by Crippen LogP contribution is -2.32. The predicted molar refractivity (Wildman–Crippen MR) is 124 cm³/mol. The summed E-state index contributed by atoms with van der Waals surface area (Å²) in [7, 11) is 0. The first-order chi connectivity index (χ1) is 15.1. The molecule has 0 radical (unpaired) electrons. The van der Waals surface area contributed by atoms with Crippen LogP contribution in [0.1, 0.15) is 51.5 Å². The van der Waals surface area contributed by atoms with E-state index in [0.29, 0.717) is 6.42 Å². The summed E-state index contributed by atoms with van der Waals surface area (Å²) < 4.78 is 0. The van der Waals surface area contributed by atoms with Gasteiger partial charge in [0, 0.05) is 0 Å². The van der Waals surface area contributed by atoms with Crippen LogP contribution >= 0.6 is 0 Å². The first-order valence-electron chi connectivity index (χ1n) is 10.7. The van der Waals surface area contributed by atoms with Crippen LogP contribution in [0.15, 0.2) is 30.3 Å². The zero-order chi connectivity index (χ0) is 24.9. The molecule has 0 aromatic heterocycles. The van der Waals surface area contributed by atoms with Crippen molar-refractivity contribution in [1.29, 1.82) is 0 Å². The van der Waals surface area contributed by atoms with Crippen molar-refractivity contribution in [2.75, 3.05) is 13.1 Å². The molecule has 1 saturated heterocycles. The van der Waals surface area contributed by atoms with Crippen molar-refractivity contribution in [2.45, 2.75) is 70.5 Å². The topological polar surface area (TPSA) is 202 Å². The molecule has 2 rings (SSSR count). The third-order valence-electron chi connectivity index (χ3n) is 4.17. The highest BCUT2D eigenvalue weighted by Crippen LogP contribution is 2.03. The summed E-state index contributed by atoms with van der Waals surface area (Å²) in [6.07, 6.45) is 5.92. The number of nitrogens with two attached hydrogens (primary N) is 3. The molecule has 3 atom stereocenters. The van der Waals surface area contributed by atoms with E-state index in [4.69, 9.17) is 32.5 Å². The molecule has 1 heterocycles. The SMILES string of the molecule is CC(N)C(=O)O.CCCCCN.NC(Cc1ccccc1)C(=O)O.O=C(O)[C@@H]1CCCN1. The molecule has 10 nitrogen and oxygen atoms in total. The molecule has 184 valence electrons. The van der Waals surface area contributed by atoms with Gasteiger partial charge in [-0.2, -0.15) is 0 Å². The van der Waals surface area contributed by atoms with Gasteiger partial charge in [0.05, 0.1) is 0 Å². The minimum atomic E-state index is -0.963. The largest absolute Gasteiger partial charge is 0.480 e. The monoisotopic (exact) mass is 456 g/mol. The molecule has 0 amide bonds. The van der Waals surface area contributed by atoms with Crippen LogP contribution in [-0.4, -0.2) is 64.4 Å². The smallest absolute Gasteiger partial charge is 0.320 e. The molecule has 1 aliphatic rings. The molecule has 1 fully saturated rings. The Morgan fingerprint density at radius 3 is 1.91 bits per heavy atom. The zero-order valence-electron chi connectivity index (χ0n) is 19.1. The number of rotatable bonds is 8. The van der Waals surface area contributed by atoms with Gasteiger partial charge in [0.25, 0.3) is 0 Å². The van der Waals surface area contributed by atoms with E-state index in [2.05, 4.69) is 12.2 Å². The van der Waals surface area contributed by atoms with Gasteiger partial charge in [-0.1, -0.05) is 50.1 Å². The lowest BCUT2D eigenvalue weighted by Gasteiger charge is -2.04. The standard InChI is InChI=1S/C9H11NO2.C5H9NO2.C5H13N.C3H7NO2/c10-8(9(11)12)6-7-4-2-1-3-5-7;7-5(8)4-2-1-3-6-4;1-2-3-4-5-6;1-2(4)3(5)6/h1-5,8H,6,10H2,(H,11,12);4,6H,1-3H2,(H,7,8);2-6H2,1H3;2H,4H2,1H3,(H,5,6)/t;4-;;/m.0../s1. The average Bonchev–Trinajstić information content (AvgIpc) is 3.29. The molecular formula is C22H40N4O6. The predicted octanol–water partition coefficient (Wildman–Crippen LogP) is 1.02. The van der Waals surface area contributed by atoms with Crippen LogP contribution in [0.25, 0.3) is 0 Å². The first kappa shape index (κ1) is 31.7. The molecule has 1 aliphatic heterocycles. The highest BCUT2D eigenvalue weighted by molar-refractivity contribution is 5.74. The number of hydrogen-bond donors (Lipinski definition) is 7. The van der Waals surface area contributed by atoms with E-state index in [1.165, 1.54) is 26.2 Å². The van der Waals surface area contributed by atoms with E-state index < -0.39 is 30.0 Å². The number of nitrogens with one attached hydrogen (secondary N) is 1. The van der Waals surface area contributed by atoms with Crippen molar-refractivity contribution in [3.05, 3.63) is 35.9 Å². The van der Waals surface area contributed by atoms with Gasteiger partial charge in [0.15, 0.2) is 0 Å². The Labute approximate surface area is 190 Å². The van der Waals surface area contributed by atoms with Crippen LogP contribution in [0.2, 0.25) is 0 Å². The molecule has 0 aliphatic carbocycles. The Bertz CT molecular complexity index is 618. The Kier molecular flexibility index (Phi) is 20.2. The lowest BCUT2D eigenvalue weighted by atomic mass is 10.1. The maximum absolute atomic E-state index is 10.4. The van der Waals surface area contributed by atoms with Crippen LogP contribution in [0, 0.1) is 0 Å². The molecule has 32 heavy (non-hydrogen) atoms. The number of carboxylic acids is 3. The van der Waals surface area contributed by atoms with Crippen molar-refractivity contribution < 1.29 is 29.7 Å². The van der Waals surface area contributed by atoms with Crippen molar-refractivity contribution in [3.8, 4) is 0 Å². The third kappa shape index (κ3) is 19.4. The van der Waals surface area contributed by atoms with Crippen molar-refractivity contribution in [2.24, 2.45) is 17.2 Å². The quantitative estimate of drug-likeness (QED) is 0.277. The fourth-order valence-electron chi connectivity index (χ4n) is 2.25. The molecule has 10 heteroatoms. The summed E-state index contributed by atoms with van der Waals surface area (Å²) >= 11 is 0. The van der Waals surface area contributed by atoms with Gasteiger partial charge in [0.2, 0.25) is 0 Å². The van der Waals surface area contributed by atoms with Gasteiger partial charge in [-0.05, 0) is 51.3 Å². The van der Waals surface area contributed by atoms with Crippen LogP contribution in [-0.2, 0) is 20.8 Å². The summed E-state index contributed by atoms with van der Waals surface area (Å²) in [5.74, 6) is -2.64. The van der Waals surface area contributed by atoms with Gasteiger partial charge in [0.1, 0.15) is 18.1 Å². The number of unbranched alkanes of at least 4 members (excludes halogenated alkanes) is 2. The Morgan fingerprint density at radius 1 is 1.06 bits per heavy atom. The molecule has 0 saturated carbocycles. The highest BCUT2D eigenvalue weighted by Gasteiger charge is 2.20. The Balaban J connectivity index is 0. The van der Waals surface area contributed by atoms with E-state index in [1.54, 1.807) is 0 Å². The van der Waals surface area contributed by atoms with Gasteiger partial charge in [-0.3, -0.25) is 14.4 Å². The minimum absolute atomic E-state index is 0.269. The summed E-state index contributed by atoms with van der Waals surface area (Å²) in [4.78, 5) is 30.1. The zero-order valence-corrected chi connectivity index (χ0v) is 19.1. The first-order valence-corrected chi connectivity index (χ1v) is 10.7. The molecule has 1 aromatic carbocycles. The number of aliphatic carboxylic acids is 3. The maximum Gasteiger partial charge on any atom is 0.320 e. The second-order valence-electron chi connectivity index (χ2n) is 7.24. The fourth-order valence-corrected chi connectivity index (χ4v) is 2.25. The molecule has 2 unspecified atom stereocenters. The number of carbonyl (C=O) groups is 3. The number of benzene rings is 1. The van der Waals surface area contributed by atoms with E-state index in [0.717, 1.165) is 31.5 Å². The van der Waals surface area contributed by atoms with E-state index in [1.807, 2.05) is 30.3 Å². The summed E-state index contributed by atoms with van der Waals surface area (Å²) in [5, 5.41) is 27.6. The summed E-state index contributed by atoms with van der Waals surface area (Å²) in [6.45, 7) is 5.31. The third-order valence-corrected chi connectivity index (χ3v) is 4.17. The van der Waals surface area contributed by atoms with Gasteiger partial charge in [-0.15, -0.1) is 0 Å². The van der Waals surface area contributed by atoms with Crippen LogP contribution in [0.3, 0.4) is 0 Å². The number of hydrogen-bond acceptors (Lipinski definition) is 7. The molecular weight excluding hydrogens is 416 g/mol. The van der Waals surface area contributed by atoms with Gasteiger partial charge >= 0.3 is 17.9 Å². The fraction of sp³-hybridized carbons (Fsp3) is 0.591. The van der Waals surface area contributed by atoms with Crippen LogP contribution in [0.4, 0.5) is 0 Å². The van der Waals surface area contributed by atoms with Crippen molar-refractivity contribution >= 4 is 17.9 Å². The maximum atomic E-state index is 10.4. The second kappa shape index (κ2) is 20.4. The normalized spacial score (nSPS) is 16.0. The summed E-state index contributed by atoms with van der Waals surface area (Å²) in [5.41, 5.74) is 16.4. The molecule has 0 bridgehead atoms. The van der Waals surface area contributed by atoms with E-state index in [-0.39, 0.29) is 6.04 Å². The molecule has 10 N–H and O–H groups in total. The molecule has 0 spiro atoms.